The molecule has 1 N–H and O–H groups in total. The van der Waals surface area contributed by atoms with E-state index in [-0.39, 0.29) is 18.1 Å². The zero-order chi connectivity index (χ0) is 26.0. The molecule has 2 unspecified atom stereocenters. The molecule has 2 aliphatic heterocycles. The predicted molar refractivity (Wildman–Crippen MR) is 140 cm³/mol. The molecule has 194 valence electrons. The van der Waals surface area contributed by atoms with Gasteiger partial charge in [-0.2, -0.15) is 13.2 Å². The third kappa shape index (κ3) is 5.43. The Morgan fingerprint density at radius 3 is 2.41 bits per heavy atom. The van der Waals surface area contributed by atoms with Gasteiger partial charge in [0.05, 0.1) is 11.6 Å². The highest BCUT2D eigenvalue weighted by atomic mass is 19.4. The van der Waals surface area contributed by atoms with E-state index in [1.807, 2.05) is 42.3 Å². The number of likely N-dealkylation sites (N-methyl/N-ethyl adjacent to an activating group) is 1. The fourth-order valence-electron chi connectivity index (χ4n) is 5.34. The number of alkyl halides is 3. The zero-order valence-electron chi connectivity index (χ0n) is 21.1. The molecule has 0 aliphatic carbocycles. The highest BCUT2D eigenvalue weighted by Gasteiger charge is 2.40. The van der Waals surface area contributed by atoms with Gasteiger partial charge < -0.3 is 15.1 Å². The van der Waals surface area contributed by atoms with Gasteiger partial charge in [-0.1, -0.05) is 42.5 Å². The largest absolute Gasteiger partial charge is 0.416 e. The van der Waals surface area contributed by atoms with Gasteiger partial charge in [0.25, 0.3) is 0 Å². The van der Waals surface area contributed by atoms with Crippen molar-refractivity contribution in [3.05, 3.63) is 95.2 Å². The summed E-state index contributed by atoms with van der Waals surface area (Å²) >= 11 is 0. The van der Waals surface area contributed by atoms with Gasteiger partial charge in [-0.25, -0.2) is 9.98 Å². The number of likely N-dealkylation sites (tertiary alicyclic amines) is 1. The summed E-state index contributed by atoms with van der Waals surface area (Å²) in [5, 5.41) is 3.46. The number of nitrogens with one attached hydrogen (secondary N) is 1. The minimum absolute atomic E-state index is 0.0434. The van der Waals surface area contributed by atoms with Gasteiger partial charge in [-0.3, -0.25) is 0 Å². The van der Waals surface area contributed by atoms with Crippen molar-refractivity contribution >= 4 is 11.8 Å². The number of halogens is 3. The maximum atomic E-state index is 13.6. The molecule has 1 aromatic heterocycles. The molecule has 3 aromatic rings. The SMILES string of the molecule is C[C@@H](Nc1cc(C2N=C(N3CCCCC3)N(C)C2c2cccc(C(F)(F)F)c2)ccn1)c1ccccc1. The van der Waals surface area contributed by atoms with Crippen LogP contribution < -0.4 is 5.32 Å². The highest BCUT2D eigenvalue weighted by molar-refractivity contribution is 5.83. The van der Waals surface area contributed by atoms with Crippen LogP contribution in [0.2, 0.25) is 0 Å². The molecule has 3 atom stereocenters. The molecule has 2 aliphatic rings. The van der Waals surface area contributed by atoms with E-state index in [4.69, 9.17) is 4.99 Å². The molecule has 0 amide bonds. The molecule has 5 nitrogen and oxygen atoms in total. The average molecular weight is 508 g/mol. The molecular weight excluding hydrogens is 475 g/mol. The van der Waals surface area contributed by atoms with Crippen LogP contribution in [0.25, 0.3) is 0 Å². The molecule has 5 rings (SSSR count). The van der Waals surface area contributed by atoms with Crippen LogP contribution in [0.4, 0.5) is 19.0 Å². The lowest BCUT2D eigenvalue weighted by Crippen LogP contribution is -2.43. The first kappa shape index (κ1) is 25.1. The number of anilines is 1. The summed E-state index contributed by atoms with van der Waals surface area (Å²) in [6.07, 6.45) is 0.708. The Balaban J connectivity index is 1.50. The summed E-state index contributed by atoms with van der Waals surface area (Å²) in [6, 6.07) is 19.0. The van der Waals surface area contributed by atoms with E-state index in [0.717, 1.165) is 49.1 Å². The molecule has 0 radical (unpaired) electrons. The number of aromatic nitrogens is 1. The van der Waals surface area contributed by atoms with E-state index in [9.17, 15) is 13.2 Å². The van der Waals surface area contributed by atoms with Crippen molar-refractivity contribution in [1.82, 2.24) is 14.8 Å². The monoisotopic (exact) mass is 507 g/mol. The summed E-state index contributed by atoms with van der Waals surface area (Å²) in [7, 11) is 1.94. The van der Waals surface area contributed by atoms with E-state index >= 15 is 0 Å². The topological polar surface area (TPSA) is 43.8 Å². The molecule has 0 spiro atoms. The van der Waals surface area contributed by atoms with Crippen LogP contribution in [0.15, 0.2) is 77.9 Å². The van der Waals surface area contributed by atoms with E-state index < -0.39 is 11.7 Å². The van der Waals surface area contributed by atoms with E-state index in [2.05, 4.69) is 34.3 Å². The molecule has 1 fully saturated rings. The number of rotatable bonds is 5. The zero-order valence-corrected chi connectivity index (χ0v) is 21.1. The number of nitrogens with zero attached hydrogens (tertiary/aromatic N) is 4. The summed E-state index contributed by atoms with van der Waals surface area (Å²) < 4.78 is 40.8. The smallest absolute Gasteiger partial charge is 0.364 e. The Hall–Kier alpha value is -3.55. The molecule has 8 heteroatoms. The number of pyridine rings is 1. The van der Waals surface area contributed by atoms with Crippen LogP contribution in [0.5, 0.6) is 0 Å². The Morgan fingerprint density at radius 1 is 0.919 bits per heavy atom. The van der Waals surface area contributed by atoms with Crippen LogP contribution >= 0.6 is 0 Å². The van der Waals surface area contributed by atoms with Gasteiger partial charge in [0.1, 0.15) is 11.9 Å². The fraction of sp³-hybridized carbons (Fsp3) is 0.379. The lowest BCUT2D eigenvalue weighted by molar-refractivity contribution is -0.137. The van der Waals surface area contributed by atoms with Crippen molar-refractivity contribution in [2.24, 2.45) is 4.99 Å². The van der Waals surface area contributed by atoms with Crippen molar-refractivity contribution in [3.63, 3.8) is 0 Å². The molecule has 0 bridgehead atoms. The van der Waals surface area contributed by atoms with Crippen molar-refractivity contribution in [1.29, 1.82) is 0 Å². The van der Waals surface area contributed by atoms with Gasteiger partial charge in [0.2, 0.25) is 0 Å². The summed E-state index contributed by atoms with van der Waals surface area (Å²) in [4.78, 5) is 14.0. The third-order valence-corrected chi connectivity index (χ3v) is 7.27. The van der Waals surface area contributed by atoms with Crippen LogP contribution in [0.1, 0.15) is 66.6 Å². The van der Waals surface area contributed by atoms with Crippen molar-refractivity contribution in [3.8, 4) is 0 Å². The summed E-state index contributed by atoms with van der Waals surface area (Å²) in [5.41, 5.74) is 2.01. The highest BCUT2D eigenvalue weighted by Crippen LogP contribution is 2.44. The van der Waals surface area contributed by atoms with Gasteiger partial charge >= 0.3 is 6.18 Å². The van der Waals surface area contributed by atoms with Crippen molar-refractivity contribution < 1.29 is 13.2 Å². The first-order valence-corrected chi connectivity index (χ1v) is 12.8. The predicted octanol–water partition coefficient (Wildman–Crippen LogP) is 6.84. The Bertz CT molecular complexity index is 1240. The number of aliphatic imine (C=N–C) groups is 1. The molecule has 1 saturated heterocycles. The Kier molecular flexibility index (Phi) is 7.09. The first-order valence-electron chi connectivity index (χ1n) is 12.8. The second-order valence-corrected chi connectivity index (χ2v) is 9.85. The summed E-state index contributed by atoms with van der Waals surface area (Å²) in [5.74, 6) is 1.55. The molecule has 2 aromatic carbocycles. The summed E-state index contributed by atoms with van der Waals surface area (Å²) in [6.45, 7) is 3.89. The lowest BCUT2D eigenvalue weighted by Gasteiger charge is -2.34. The quantitative estimate of drug-likeness (QED) is 0.411. The van der Waals surface area contributed by atoms with Crippen LogP contribution in [0, 0.1) is 0 Å². The normalized spacial score (nSPS) is 21.1. The minimum atomic E-state index is -4.40. The second-order valence-electron chi connectivity index (χ2n) is 9.85. The number of guanidine groups is 1. The second kappa shape index (κ2) is 10.4. The average Bonchev–Trinajstić information content (AvgIpc) is 3.26. The number of hydrogen-bond donors (Lipinski definition) is 1. The lowest BCUT2D eigenvalue weighted by atomic mass is 9.93. The van der Waals surface area contributed by atoms with Gasteiger partial charge in [0.15, 0.2) is 5.96 Å². The number of benzene rings is 2. The molecule has 37 heavy (non-hydrogen) atoms. The number of hydrogen-bond acceptors (Lipinski definition) is 5. The molecule has 0 saturated carbocycles. The molecule has 3 heterocycles. The first-order chi connectivity index (χ1) is 17.8. The third-order valence-electron chi connectivity index (χ3n) is 7.27. The Labute approximate surface area is 216 Å². The number of piperidine rings is 1. The van der Waals surface area contributed by atoms with Gasteiger partial charge in [-0.15, -0.1) is 0 Å². The van der Waals surface area contributed by atoms with Crippen LogP contribution in [-0.4, -0.2) is 40.9 Å². The standard InChI is InChI=1S/C29H32F3N5/c1-20(21-10-5-3-6-11-21)34-25-19-22(14-15-33-25)26-27(23-12-9-13-24(18-23)29(30,31)32)36(2)28(35-26)37-16-7-4-8-17-37/h3,5-6,9-15,18-20,26-27H,4,7-8,16-17H2,1-2H3,(H,33,34)/t20-,26?,27?/m1/s1. The van der Waals surface area contributed by atoms with Crippen LogP contribution in [-0.2, 0) is 6.18 Å². The van der Waals surface area contributed by atoms with Gasteiger partial charge in [0, 0.05) is 32.4 Å². The van der Waals surface area contributed by atoms with Crippen LogP contribution in [0.3, 0.4) is 0 Å². The van der Waals surface area contributed by atoms with E-state index in [1.165, 1.54) is 18.6 Å². The van der Waals surface area contributed by atoms with Crippen molar-refractivity contribution in [2.75, 3.05) is 25.5 Å². The van der Waals surface area contributed by atoms with Crippen molar-refractivity contribution in [2.45, 2.75) is 50.5 Å². The van der Waals surface area contributed by atoms with E-state index in [0.29, 0.717) is 11.4 Å². The maximum absolute atomic E-state index is 13.6. The fourth-order valence-corrected chi connectivity index (χ4v) is 5.34. The Morgan fingerprint density at radius 2 is 1.68 bits per heavy atom. The minimum Gasteiger partial charge on any atom is -0.364 e. The van der Waals surface area contributed by atoms with Gasteiger partial charge in [-0.05, 0) is 67.1 Å². The maximum Gasteiger partial charge on any atom is 0.416 e. The molecular formula is C29H32F3N5. The van der Waals surface area contributed by atoms with E-state index in [1.54, 1.807) is 12.3 Å².